The van der Waals surface area contributed by atoms with Gasteiger partial charge in [-0.15, -0.1) is 11.3 Å². The van der Waals surface area contributed by atoms with Gasteiger partial charge in [-0.1, -0.05) is 18.5 Å². The molecule has 1 aromatic carbocycles. The maximum Gasteiger partial charge on any atom is 0.123 e. The smallest absolute Gasteiger partial charge is 0.123 e. The van der Waals surface area contributed by atoms with Crippen LogP contribution in [0.3, 0.4) is 0 Å². The zero-order valence-electron chi connectivity index (χ0n) is 11.4. The van der Waals surface area contributed by atoms with Crippen LogP contribution in [0.15, 0.2) is 32.5 Å². The van der Waals surface area contributed by atoms with Crippen molar-refractivity contribution in [2.45, 2.75) is 25.8 Å². The van der Waals surface area contributed by atoms with Gasteiger partial charge in [0.15, 0.2) is 0 Å². The quantitative estimate of drug-likeness (QED) is 0.535. The number of hydrogen-bond donors (Lipinski definition) is 1. The van der Waals surface area contributed by atoms with Crippen molar-refractivity contribution < 1.29 is 4.39 Å². The molecule has 0 radical (unpaired) electrons. The highest BCUT2D eigenvalue weighted by atomic mass is 79.9. The minimum Gasteiger partial charge on any atom is -0.309 e. The molecule has 0 bridgehead atoms. The van der Waals surface area contributed by atoms with Crippen LogP contribution in [0.5, 0.6) is 0 Å². The van der Waals surface area contributed by atoms with Gasteiger partial charge in [0, 0.05) is 20.4 Å². The Morgan fingerprint density at radius 2 is 2.10 bits per heavy atom. The van der Waals surface area contributed by atoms with E-state index in [-0.39, 0.29) is 11.9 Å². The Morgan fingerprint density at radius 1 is 1.33 bits per heavy atom. The molecule has 1 unspecified atom stereocenters. The fourth-order valence-corrected chi connectivity index (χ4v) is 4.41. The first-order valence-corrected chi connectivity index (χ1v) is 9.41. The van der Waals surface area contributed by atoms with Crippen molar-refractivity contribution in [1.82, 2.24) is 5.32 Å². The van der Waals surface area contributed by atoms with Crippen molar-refractivity contribution >= 4 is 54.8 Å². The number of benzene rings is 1. The van der Waals surface area contributed by atoms with Crippen LogP contribution in [0.25, 0.3) is 0 Å². The van der Waals surface area contributed by atoms with Crippen molar-refractivity contribution in [2.75, 3.05) is 6.54 Å². The van der Waals surface area contributed by atoms with E-state index in [1.54, 1.807) is 17.4 Å². The summed E-state index contributed by atoms with van der Waals surface area (Å²) in [4.78, 5) is 1.20. The van der Waals surface area contributed by atoms with Crippen LogP contribution in [0.4, 0.5) is 4.39 Å². The van der Waals surface area contributed by atoms with Crippen molar-refractivity contribution in [3.05, 3.63) is 53.8 Å². The number of hydrogen-bond acceptors (Lipinski definition) is 2. The molecular formula is C15H15Br2ClFNS. The van der Waals surface area contributed by atoms with Gasteiger partial charge in [0.1, 0.15) is 5.82 Å². The molecule has 6 heteroatoms. The Balaban J connectivity index is 2.25. The van der Waals surface area contributed by atoms with Gasteiger partial charge in [0.2, 0.25) is 0 Å². The second-order valence-corrected chi connectivity index (χ2v) is 8.38. The summed E-state index contributed by atoms with van der Waals surface area (Å²) < 4.78 is 15.5. The van der Waals surface area contributed by atoms with Crippen LogP contribution < -0.4 is 5.32 Å². The SMILES string of the molecule is CCCNC(Cc1cc(F)ccc1Cl)c1cc(Br)c(Br)s1. The fraction of sp³-hybridized carbons (Fsp3) is 0.333. The molecule has 21 heavy (non-hydrogen) atoms. The van der Waals surface area contributed by atoms with E-state index in [9.17, 15) is 4.39 Å². The van der Waals surface area contributed by atoms with Gasteiger partial charge in [-0.3, -0.25) is 0 Å². The molecule has 0 aliphatic heterocycles. The summed E-state index contributed by atoms with van der Waals surface area (Å²) >= 11 is 14.9. The van der Waals surface area contributed by atoms with E-state index in [4.69, 9.17) is 11.6 Å². The molecule has 0 fully saturated rings. The van der Waals surface area contributed by atoms with E-state index < -0.39 is 0 Å². The number of nitrogens with one attached hydrogen (secondary N) is 1. The van der Waals surface area contributed by atoms with E-state index in [2.05, 4.69) is 50.2 Å². The van der Waals surface area contributed by atoms with Crippen LogP contribution in [-0.4, -0.2) is 6.54 Å². The average molecular weight is 456 g/mol. The van der Waals surface area contributed by atoms with E-state index in [0.29, 0.717) is 11.4 Å². The molecule has 0 aliphatic carbocycles. The van der Waals surface area contributed by atoms with Crippen molar-refractivity contribution in [2.24, 2.45) is 0 Å². The Kier molecular flexibility index (Phi) is 6.69. The van der Waals surface area contributed by atoms with Crippen LogP contribution in [0, 0.1) is 5.82 Å². The first kappa shape index (κ1) is 17.4. The molecule has 0 saturated carbocycles. The third kappa shape index (κ3) is 4.76. The van der Waals surface area contributed by atoms with E-state index in [1.165, 1.54) is 17.0 Å². The van der Waals surface area contributed by atoms with Gasteiger partial charge in [-0.2, -0.15) is 0 Å². The maximum absolute atomic E-state index is 13.4. The van der Waals surface area contributed by atoms with Crippen LogP contribution in [0.2, 0.25) is 5.02 Å². The van der Waals surface area contributed by atoms with Crippen LogP contribution in [0.1, 0.15) is 29.8 Å². The molecule has 0 spiro atoms. The lowest BCUT2D eigenvalue weighted by Gasteiger charge is -2.18. The molecule has 1 N–H and O–H groups in total. The highest BCUT2D eigenvalue weighted by Crippen LogP contribution is 2.37. The molecular weight excluding hydrogens is 440 g/mol. The molecule has 2 rings (SSSR count). The van der Waals surface area contributed by atoms with Gasteiger partial charge >= 0.3 is 0 Å². The summed E-state index contributed by atoms with van der Waals surface area (Å²) in [6, 6.07) is 6.73. The molecule has 0 amide bonds. The molecule has 1 atom stereocenters. The van der Waals surface area contributed by atoms with E-state index in [0.717, 1.165) is 26.8 Å². The Morgan fingerprint density at radius 3 is 2.71 bits per heavy atom. The summed E-state index contributed by atoms with van der Waals surface area (Å²) in [5.74, 6) is -0.253. The Hall–Kier alpha value is 0.0600. The van der Waals surface area contributed by atoms with Crippen LogP contribution >= 0.6 is 54.8 Å². The number of halogens is 4. The summed E-state index contributed by atoms with van der Waals surface area (Å²) in [7, 11) is 0. The lowest BCUT2D eigenvalue weighted by Crippen LogP contribution is -2.23. The zero-order chi connectivity index (χ0) is 15.4. The minimum atomic E-state index is -0.253. The molecule has 114 valence electrons. The second-order valence-electron chi connectivity index (χ2n) is 4.72. The Bertz CT molecular complexity index is 598. The topological polar surface area (TPSA) is 12.0 Å². The lowest BCUT2D eigenvalue weighted by molar-refractivity contribution is 0.534. The predicted octanol–water partition coefficient (Wildman–Crippen LogP) is 6.35. The lowest BCUT2D eigenvalue weighted by atomic mass is 10.0. The highest BCUT2D eigenvalue weighted by molar-refractivity contribution is 9.13. The van der Waals surface area contributed by atoms with Crippen molar-refractivity contribution in [3.8, 4) is 0 Å². The van der Waals surface area contributed by atoms with Gasteiger partial charge < -0.3 is 5.32 Å². The molecule has 1 aromatic heterocycles. The van der Waals surface area contributed by atoms with Crippen molar-refractivity contribution in [3.63, 3.8) is 0 Å². The second kappa shape index (κ2) is 8.06. The highest BCUT2D eigenvalue weighted by Gasteiger charge is 2.17. The first-order chi connectivity index (χ1) is 10.0. The maximum atomic E-state index is 13.4. The van der Waals surface area contributed by atoms with E-state index >= 15 is 0 Å². The normalized spacial score (nSPS) is 12.6. The van der Waals surface area contributed by atoms with Crippen LogP contribution in [-0.2, 0) is 6.42 Å². The summed E-state index contributed by atoms with van der Waals surface area (Å²) in [6.07, 6.45) is 1.71. The third-order valence-corrected chi connectivity index (χ3v) is 6.82. The molecule has 0 saturated heterocycles. The standard InChI is InChI=1S/C15H15Br2ClFNS/c1-2-5-20-13(14-8-11(16)15(17)21-14)7-9-6-10(19)3-4-12(9)18/h3-4,6,8,13,20H,2,5,7H2,1H3. The van der Waals surface area contributed by atoms with Gasteiger partial charge in [-0.25, -0.2) is 4.39 Å². The molecule has 1 heterocycles. The molecule has 2 aromatic rings. The third-order valence-electron chi connectivity index (χ3n) is 3.08. The predicted molar refractivity (Wildman–Crippen MR) is 95.9 cm³/mol. The van der Waals surface area contributed by atoms with Crippen molar-refractivity contribution in [1.29, 1.82) is 0 Å². The molecule has 1 nitrogen and oxygen atoms in total. The van der Waals surface area contributed by atoms with E-state index in [1.807, 2.05) is 0 Å². The largest absolute Gasteiger partial charge is 0.309 e. The minimum absolute atomic E-state index is 0.122. The first-order valence-electron chi connectivity index (χ1n) is 6.63. The monoisotopic (exact) mass is 453 g/mol. The summed E-state index contributed by atoms with van der Waals surface area (Å²) in [6.45, 7) is 3.03. The number of rotatable bonds is 6. The molecule has 0 aliphatic rings. The fourth-order valence-electron chi connectivity index (χ4n) is 2.05. The van der Waals surface area contributed by atoms with Gasteiger partial charge in [-0.05, 0) is 81.1 Å². The average Bonchev–Trinajstić information content (AvgIpc) is 2.78. The summed E-state index contributed by atoms with van der Waals surface area (Å²) in [5.41, 5.74) is 0.825. The summed E-state index contributed by atoms with van der Waals surface area (Å²) in [5, 5.41) is 4.11. The van der Waals surface area contributed by atoms with Gasteiger partial charge in [0.25, 0.3) is 0 Å². The zero-order valence-corrected chi connectivity index (χ0v) is 16.2. The number of thiophene rings is 1. The Labute approximate surface area is 150 Å². The van der Waals surface area contributed by atoms with Gasteiger partial charge in [0.05, 0.1) is 3.79 Å².